The second-order valence-corrected chi connectivity index (χ2v) is 13.1. The lowest BCUT2D eigenvalue weighted by Crippen LogP contribution is -2.28. The van der Waals surface area contributed by atoms with E-state index >= 15 is 0 Å². The Morgan fingerprint density at radius 2 is 1.67 bits per heavy atom. The zero-order valence-electron chi connectivity index (χ0n) is 31.4. The molecule has 0 spiro atoms. The van der Waals surface area contributed by atoms with Crippen molar-refractivity contribution in [2.75, 3.05) is 47.5 Å². The summed E-state index contributed by atoms with van der Waals surface area (Å²) in [6.45, 7) is 12.6. The molecule has 2 aromatic carbocycles. The number of hydrogen-bond acceptors (Lipinski definition) is 7. The van der Waals surface area contributed by atoms with E-state index in [1.54, 1.807) is 24.9 Å². The van der Waals surface area contributed by atoms with Crippen LogP contribution in [0.25, 0.3) is 22.1 Å². The van der Waals surface area contributed by atoms with E-state index in [9.17, 15) is 9.59 Å². The fourth-order valence-electron chi connectivity index (χ4n) is 6.50. The molecule has 0 aliphatic rings. The summed E-state index contributed by atoms with van der Waals surface area (Å²) in [5, 5.41) is 4.48. The molecule has 3 heterocycles. The Hall–Kier alpha value is -5.01. The molecule has 13 nitrogen and oxygen atoms in total. The van der Waals surface area contributed by atoms with Crippen molar-refractivity contribution in [2.45, 2.75) is 53.8 Å². The number of hydrogen-bond donors (Lipinski definition) is 0. The van der Waals surface area contributed by atoms with Gasteiger partial charge in [-0.3, -0.25) is 19.3 Å². The van der Waals surface area contributed by atoms with Gasteiger partial charge in [0.25, 0.3) is 5.91 Å². The standard InChI is InChI=1S/C38H51N9O4/c1-10-47-33(21-28(4)41-47)36(49)40-38-43(7)31-13-11-14-34(51-19-12-17-42(6)18-20-50-9)35(31)46(38)24-27(3)26(2)23-45-30-16-15-29(25-48)22-32(30)44(8)37(45)39-5/h11,13-16,21-22,25H,10,12,17-20,23-24H2,1-9H3/b27-26+,39-37?,40-38?. The number of likely N-dealkylation sites (N-methyl/N-ethyl adjacent to an activating group) is 1. The molecule has 0 saturated heterocycles. The molecule has 3 aromatic heterocycles. The summed E-state index contributed by atoms with van der Waals surface area (Å²) in [5.74, 6) is 0.380. The van der Waals surface area contributed by atoms with Crippen molar-refractivity contribution in [3.05, 3.63) is 81.8 Å². The van der Waals surface area contributed by atoms with Gasteiger partial charge in [-0.1, -0.05) is 17.2 Å². The first-order valence-electron chi connectivity index (χ1n) is 17.4. The number of rotatable bonds is 15. The Morgan fingerprint density at radius 3 is 2.35 bits per heavy atom. The summed E-state index contributed by atoms with van der Waals surface area (Å²) < 4.78 is 21.6. The second kappa shape index (κ2) is 16.3. The first-order valence-corrected chi connectivity index (χ1v) is 17.4. The molecule has 0 unspecified atom stereocenters. The van der Waals surface area contributed by atoms with Gasteiger partial charge < -0.3 is 32.6 Å². The Kier molecular flexibility index (Phi) is 11.9. The molecule has 0 bridgehead atoms. The molecule has 0 saturated carbocycles. The van der Waals surface area contributed by atoms with Crippen molar-refractivity contribution in [2.24, 2.45) is 24.1 Å². The van der Waals surface area contributed by atoms with E-state index in [0.717, 1.165) is 76.1 Å². The van der Waals surface area contributed by atoms with Crippen LogP contribution in [0.15, 0.2) is 63.6 Å². The molecular weight excluding hydrogens is 646 g/mol. The van der Waals surface area contributed by atoms with Crippen molar-refractivity contribution in [1.82, 2.24) is 32.9 Å². The maximum Gasteiger partial charge on any atom is 0.298 e. The Bertz CT molecular complexity index is 2220. The smallest absolute Gasteiger partial charge is 0.298 e. The van der Waals surface area contributed by atoms with E-state index in [1.165, 1.54) is 0 Å². The van der Waals surface area contributed by atoms with Gasteiger partial charge in [-0.15, -0.1) is 0 Å². The molecule has 0 fully saturated rings. The number of ether oxygens (including phenoxy) is 2. The number of fused-ring (bicyclic) bond motifs is 2. The highest BCUT2D eigenvalue weighted by Gasteiger charge is 2.19. The second-order valence-electron chi connectivity index (χ2n) is 13.1. The SMILES string of the molecule is CCn1nc(C)cc1C(=O)N=c1n(C)c2cccc(OCCCN(C)CCOC)c2n1C/C(C)=C(\C)Cn1c(=NC)n(C)c2cc(C=O)ccc21. The van der Waals surface area contributed by atoms with Gasteiger partial charge >= 0.3 is 0 Å². The molecule has 13 heteroatoms. The number of carbonyl (C=O) groups is 2. The molecule has 51 heavy (non-hydrogen) atoms. The summed E-state index contributed by atoms with van der Waals surface area (Å²) in [5.41, 5.74) is 9.09. The lowest BCUT2D eigenvalue weighted by atomic mass is 10.1. The molecule has 0 atom stereocenters. The minimum atomic E-state index is -0.354. The molecule has 0 N–H and O–H groups in total. The van der Waals surface area contributed by atoms with Crippen LogP contribution >= 0.6 is 0 Å². The third-order valence-electron chi connectivity index (χ3n) is 9.44. The summed E-state index contributed by atoms with van der Waals surface area (Å²) in [6, 6.07) is 13.5. The maximum atomic E-state index is 13.8. The number of amides is 1. The summed E-state index contributed by atoms with van der Waals surface area (Å²) in [6.07, 6.45) is 1.71. The average molecular weight is 698 g/mol. The molecule has 1 amide bonds. The van der Waals surface area contributed by atoms with Crippen molar-refractivity contribution >= 4 is 34.3 Å². The van der Waals surface area contributed by atoms with Gasteiger partial charge in [-0.25, -0.2) is 0 Å². The number of benzene rings is 2. The van der Waals surface area contributed by atoms with Gasteiger partial charge in [0.15, 0.2) is 0 Å². The number of nitrogens with zero attached hydrogens (tertiary/aromatic N) is 9. The van der Waals surface area contributed by atoms with E-state index in [-0.39, 0.29) is 5.91 Å². The highest BCUT2D eigenvalue weighted by molar-refractivity contribution is 5.93. The lowest BCUT2D eigenvalue weighted by molar-refractivity contribution is 0.0985. The van der Waals surface area contributed by atoms with Crippen LogP contribution < -0.4 is 16.0 Å². The minimum Gasteiger partial charge on any atom is -0.491 e. The van der Waals surface area contributed by atoms with Crippen LogP contribution in [-0.4, -0.2) is 92.7 Å². The van der Waals surface area contributed by atoms with Gasteiger partial charge in [-0.05, 0) is 77.6 Å². The van der Waals surface area contributed by atoms with E-state index < -0.39 is 0 Å². The van der Waals surface area contributed by atoms with E-state index in [1.807, 2.05) is 73.5 Å². The summed E-state index contributed by atoms with van der Waals surface area (Å²) in [7, 11) is 9.46. The zero-order valence-corrected chi connectivity index (χ0v) is 31.4. The van der Waals surface area contributed by atoms with Crippen molar-refractivity contribution in [3.63, 3.8) is 0 Å². The van der Waals surface area contributed by atoms with Crippen LogP contribution in [-0.2, 0) is 38.5 Å². The van der Waals surface area contributed by atoms with Crippen LogP contribution in [0.1, 0.15) is 53.7 Å². The van der Waals surface area contributed by atoms with E-state index in [0.29, 0.717) is 49.7 Å². The molecule has 0 aliphatic carbocycles. The van der Waals surface area contributed by atoms with Gasteiger partial charge in [0.2, 0.25) is 11.2 Å². The molecule has 0 radical (unpaired) electrons. The molecule has 0 aliphatic heterocycles. The zero-order chi connectivity index (χ0) is 36.8. The Labute approximate surface area is 298 Å². The highest BCUT2D eigenvalue weighted by atomic mass is 16.5. The molecule has 272 valence electrons. The first kappa shape index (κ1) is 37.3. The Balaban J connectivity index is 1.59. The van der Waals surface area contributed by atoms with Crippen LogP contribution in [0.4, 0.5) is 0 Å². The molecular formula is C38H51N9O4. The highest BCUT2D eigenvalue weighted by Crippen LogP contribution is 2.27. The van der Waals surface area contributed by atoms with E-state index in [4.69, 9.17) is 14.5 Å². The predicted molar refractivity (Wildman–Crippen MR) is 199 cm³/mol. The lowest BCUT2D eigenvalue weighted by Gasteiger charge is -2.16. The van der Waals surface area contributed by atoms with Gasteiger partial charge in [0.05, 0.1) is 35.5 Å². The number of methoxy groups -OCH3 is 1. The molecule has 5 aromatic rings. The molecule has 5 rings (SSSR count). The topological polar surface area (TPSA) is 118 Å². The fourth-order valence-corrected chi connectivity index (χ4v) is 6.50. The third kappa shape index (κ3) is 7.84. The number of aldehydes is 1. The average Bonchev–Trinajstić information content (AvgIpc) is 3.73. The van der Waals surface area contributed by atoms with Gasteiger partial charge in [-0.2, -0.15) is 10.1 Å². The number of aryl methyl sites for hydroxylation is 4. The van der Waals surface area contributed by atoms with Crippen LogP contribution in [0.3, 0.4) is 0 Å². The fraction of sp³-hybridized carbons (Fsp3) is 0.447. The minimum absolute atomic E-state index is 0.354. The van der Waals surface area contributed by atoms with Gasteiger partial charge in [0.1, 0.15) is 23.2 Å². The van der Waals surface area contributed by atoms with Crippen LogP contribution in [0, 0.1) is 6.92 Å². The van der Waals surface area contributed by atoms with Crippen molar-refractivity contribution in [1.29, 1.82) is 0 Å². The summed E-state index contributed by atoms with van der Waals surface area (Å²) >= 11 is 0. The Morgan fingerprint density at radius 1 is 0.941 bits per heavy atom. The van der Waals surface area contributed by atoms with Crippen molar-refractivity contribution in [3.8, 4) is 5.75 Å². The van der Waals surface area contributed by atoms with E-state index in [2.05, 4.69) is 45.0 Å². The van der Waals surface area contributed by atoms with Gasteiger partial charge in [0, 0.05) is 66.5 Å². The number of aromatic nitrogens is 6. The number of allylic oxidation sites excluding steroid dienone is 2. The maximum absolute atomic E-state index is 13.8. The summed E-state index contributed by atoms with van der Waals surface area (Å²) in [4.78, 5) is 36.9. The third-order valence-corrected chi connectivity index (χ3v) is 9.44. The quantitative estimate of drug-likeness (QED) is 0.0917. The number of imidazole rings is 2. The largest absolute Gasteiger partial charge is 0.491 e. The number of para-hydroxylation sites is 1. The first-order chi connectivity index (χ1) is 24.5. The van der Waals surface area contributed by atoms with Crippen LogP contribution in [0.5, 0.6) is 5.75 Å². The van der Waals surface area contributed by atoms with Crippen LogP contribution in [0.2, 0.25) is 0 Å². The normalized spacial score (nSPS) is 13.2. The number of carbonyl (C=O) groups excluding carboxylic acids is 2. The van der Waals surface area contributed by atoms with Crippen molar-refractivity contribution < 1.29 is 19.1 Å². The monoisotopic (exact) mass is 697 g/mol. The predicted octanol–water partition coefficient (Wildman–Crippen LogP) is 4.27.